The minimum absolute atomic E-state index is 0.195. The number of carbonyl (C=O) groups excluding carboxylic acids is 1. The van der Waals surface area contributed by atoms with Gasteiger partial charge in [-0.05, 0) is 70.6 Å². The van der Waals surface area contributed by atoms with E-state index in [2.05, 4.69) is 46.8 Å². The third kappa shape index (κ3) is 5.84. The van der Waals surface area contributed by atoms with Crippen LogP contribution >= 0.6 is 0 Å². The quantitative estimate of drug-likeness (QED) is 0.175. The molecule has 31 heavy (non-hydrogen) atoms. The van der Waals surface area contributed by atoms with Gasteiger partial charge in [-0.2, -0.15) is 0 Å². The molecule has 3 rings (SSSR count). The highest BCUT2D eigenvalue weighted by molar-refractivity contribution is 5.67. The van der Waals surface area contributed by atoms with E-state index in [1.54, 1.807) is 0 Å². The minimum Gasteiger partial charge on any atom is -0.487 e. The maximum Gasteiger partial charge on any atom is 0.513 e. The largest absolute Gasteiger partial charge is 0.513 e. The molecule has 1 aromatic carbocycles. The van der Waals surface area contributed by atoms with Crippen LogP contribution < -0.4 is 9.47 Å². The molecule has 0 bridgehead atoms. The topological polar surface area (TPSA) is 44.8 Å². The molecule has 2 atom stereocenters. The molecule has 0 unspecified atom stereocenters. The van der Waals surface area contributed by atoms with Crippen molar-refractivity contribution in [3.63, 3.8) is 0 Å². The van der Waals surface area contributed by atoms with E-state index >= 15 is 0 Å². The average molecular weight is 429 g/mol. The van der Waals surface area contributed by atoms with Crippen molar-refractivity contribution in [3.8, 4) is 11.5 Å². The fourth-order valence-corrected chi connectivity index (χ4v) is 5.00. The number of hydrogen-bond acceptors (Lipinski definition) is 4. The van der Waals surface area contributed by atoms with Gasteiger partial charge in [-0.3, -0.25) is 0 Å². The van der Waals surface area contributed by atoms with Crippen LogP contribution in [0.4, 0.5) is 4.79 Å². The molecule has 1 aliphatic heterocycles. The van der Waals surface area contributed by atoms with E-state index in [4.69, 9.17) is 14.2 Å². The van der Waals surface area contributed by atoms with Crippen LogP contribution in [-0.4, -0.2) is 18.4 Å². The van der Waals surface area contributed by atoms with E-state index < -0.39 is 6.16 Å². The molecule has 4 nitrogen and oxygen atoms in total. The second-order valence-electron chi connectivity index (χ2n) is 9.76. The highest BCUT2D eigenvalue weighted by Crippen LogP contribution is 2.53. The lowest BCUT2D eigenvalue weighted by Gasteiger charge is -2.46. The van der Waals surface area contributed by atoms with Crippen molar-refractivity contribution in [3.05, 3.63) is 34.9 Å². The number of unbranched alkanes of at least 4 members (excludes halogenated alkanes) is 4. The Balaban J connectivity index is 1.93. The van der Waals surface area contributed by atoms with Crippen molar-refractivity contribution in [2.24, 2.45) is 5.92 Å². The lowest BCUT2D eigenvalue weighted by molar-refractivity contribution is 0.0104. The molecule has 0 radical (unpaired) electrons. The van der Waals surface area contributed by atoms with Crippen molar-refractivity contribution in [2.75, 3.05) is 6.61 Å². The fraction of sp³-hybridized carbons (Fsp3) is 0.667. The molecule has 0 aromatic heterocycles. The monoisotopic (exact) mass is 428 g/mol. The summed E-state index contributed by atoms with van der Waals surface area (Å²) < 4.78 is 17.7. The molecule has 4 heteroatoms. The Labute approximate surface area is 188 Å². The summed E-state index contributed by atoms with van der Waals surface area (Å²) in [5, 5.41) is 0. The Morgan fingerprint density at radius 3 is 2.61 bits per heavy atom. The van der Waals surface area contributed by atoms with E-state index in [9.17, 15) is 4.79 Å². The first-order valence-electron chi connectivity index (χ1n) is 12.2. The predicted octanol–water partition coefficient (Wildman–Crippen LogP) is 7.74. The Hall–Kier alpha value is -1.97. The van der Waals surface area contributed by atoms with Gasteiger partial charge in [0, 0.05) is 17.4 Å². The van der Waals surface area contributed by atoms with Crippen molar-refractivity contribution >= 4 is 6.16 Å². The highest BCUT2D eigenvalue weighted by Gasteiger charge is 2.45. The lowest BCUT2D eigenvalue weighted by atomic mass is 9.68. The van der Waals surface area contributed by atoms with E-state index in [1.807, 2.05) is 6.07 Å². The van der Waals surface area contributed by atoms with Crippen LogP contribution in [0.1, 0.15) is 103 Å². The predicted molar refractivity (Wildman–Crippen MR) is 125 cm³/mol. The van der Waals surface area contributed by atoms with Crippen molar-refractivity contribution in [2.45, 2.75) is 104 Å². The zero-order valence-electron chi connectivity index (χ0n) is 20.1. The Kier molecular flexibility index (Phi) is 8.07. The molecule has 1 heterocycles. The first kappa shape index (κ1) is 23.7. The van der Waals surface area contributed by atoms with Crippen molar-refractivity contribution < 1.29 is 19.0 Å². The molecule has 1 aliphatic carbocycles. The number of rotatable bonds is 9. The molecule has 0 N–H and O–H groups in total. The summed E-state index contributed by atoms with van der Waals surface area (Å²) in [6, 6.07) is 4.21. The number of hydrogen-bond donors (Lipinski definition) is 0. The first-order chi connectivity index (χ1) is 14.9. The van der Waals surface area contributed by atoms with Crippen LogP contribution in [0.2, 0.25) is 0 Å². The third-order valence-electron chi connectivity index (χ3n) is 6.74. The van der Waals surface area contributed by atoms with Gasteiger partial charge in [0.15, 0.2) is 0 Å². The summed E-state index contributed by atoms with van der Waals surface area (Å²) in [5.41, 5.74) is 3.30. The van der Waals surface area contributed by atoms with E-state index in [1.165, 1.54) is 18.4 Å². The van der Waals surface area contributed by atoms with Gasteiger partial charge >= 0.3 is 6.16 Å². The molecule has 0 amide bonds. The molecule has 1 aromatic rings. The smallest absolute Gasteiger partial charge is 0.487 e. The van der Waals surface area contributed by atoms with Crippen molar-refractivity contribution in [1.29, 1.82) is 0 Å². The van der Waals surface area contributed by atoms with E-state index in [-0.39, 0.29) is 11.5 Å². The van der Waals surface area contributed by atoms with Gasteiger partial charge in [0.05, 0.1) is 6.61 Å². The fourth-order valence-electron chi connectivity index (χ4n) is 5.00. The summed E-state index contributed by atoms with van der Waals surface area (Å²) in [6.07, 6.45) is 11.4. The molecular weight excluding hydrogens is 388 g/mol. The molecule has 0 fully saturated rings. The van der Waals surface area contributed by atoms with Crippen LogP contribution in [0.25, 0.3) is 0 Å². The number of benzene rings is 1. The van der Waals surface area contributed by atoms with Crippen LogP contribution in [0.15, 0.2) is 23.8 Å². The second kappa shape index (κ2) is 10.6. The minimum atomic E-state index is -0.609. The zero-order chi connectivity index (χ0) is 22.4. The van der Waals surface area contributed by atoms with E-state index in [0.29, 0.717) is 18.3 Å². The van der Waals surface area contributed by atoms with Crippen LogP contribution in [0, 0.1) is 5.92 Å². The van der Waals surface area contributed by atoms with Gasteiger partial charge in [0.25, 0.3) is 0 Å². The van der Waals surface area contributed by atoms with Gasteiger partial charge in [-0.1, -0.05) is 51.2 Å². The van der Waals surface area contributed by atoms with Gasteiger partial charge in [0.2, 0.25) is 0 Å². The van der Waals surface area contributed by atoms with Crippen LogP contribution in [0.5, 0.6) is 11.5 Å². The summed E-state index contributed by atoms with van der Waals surface area (Å²) in [4.78, 5) is 12.5. The van der Waals surface area contributed by atoms with Crippen molar-refractivity contribution in [1.82, 2.24) is 0 Å². The Morgan fingerprint density at radius 1 is 1.13 bits per heavy atom. The van der Waals surface area contributed by atoms with Crippen LogP contribution in [0.3, 0.4) is 0 Å². The standard InChI is InChI=1S/C27H40O4/c1-6-8-10-12-20-17-23(30-26(28)29-15-11-9-7-2)25-21-16-19(3)13-14-22(21)27(4,5)31-24(25)18-20/h16-18,21-22H,6-15H2,1-5H3/t21-,22-/m1/s1. The highest BCUT2D eigenvalue weighted by atomic mass is 16.7. The molecule has 0 spiro atoms. The lowest BCUT2D eigenvalue weighted by Crippen LogP contribution is -2.45. The van der Waals surface area contributed by atoms with E-state index in [0.717, 1.165) is 61.8 Å². The Bertz CT molecular complexity index is 793. The third-order valence-corrected chi connectivity index (χ3v) is 6.74. The maximum atomic E-state index is 12.5. The van der Waals surface area contributed by atoms with Gasteiger partial charge in [-0.15, -0.1) is 0 Å². The number of aryl methyl sites for hydroxylation is 1. The average Bonchev–Trinajstić information content (AvgIpc) is 2.70. The second-order valence-corrected chi connectivity index (χ2v) is 9.76. The Morgan fingerprint density at radius 2 is 1.87 bits per heavy atom. The molecule has 172 valence electrons. The van der Waals surface area contributed by atoms with Gasteiger partial charge in [0.1, 0.15) is 17.1 Å². The summed E-state index contributed by atoms with van der Waals surface area (Å²) in [5.74, 6) is 2.03. The molecule has 2 aliphatic rings. The van der Waals surface area contributed by atoms with Gasteiger partial charge in [-0.25, -0.2) is 4.79 Å². The maximum absolute atomic E-state index is 12.5. The summed E-state index contributed by atoms with van der Waals surface area (Å²) >= 11 is 0. The number of fused-ring (bicyclic) bond motifs is 3. The first-order valence-corrected chi connectivity index (χ1v) is 12.2. The number of carbonyl (C=O) groups is 1. The molecule has 0 saturated carbocycles. The van der Waals surface area contributed by atoms with Gasteiger partial charge < -0.3 is 14.2 Å². The molecular formula is C27H40O4. The number of allylic oxidation sites excluding steroid dienone is 2. The zero-order valence-corrected chi connectivity index (χ0v) is 20.1. The van der Waals surface area contributed by atoms with Crippen LogP contribution in [-0.2, 0) is 11.2 Å². The molecule has 0 saturated heterocycles. The normalized spacial score (nSPS) is 21.4. The number of ether oxygens (including phenoxy) is 3. The summed E-state index contributed by atoms with van der Waals surface area (Å²) in [6.45, 7) is 11.3. The summed E-state index contributed by atoms with van der Waals surface area (Å²) in [7, 11) is 0. The SMILES string of the molecule is CCCCCOC(=O)Oc1cc(CCCCC)cc2c1[C@@H]1C=C(C)CC[C@H]1C(C)(C)O2.